The predicted octanol–water partition coefficient (Wildman–Crippen LogP) is 0.337. The average molecular weight is 242 g/mol. The van der Waals surface area contributed by atoms with Crippen molar-refractivity contribution >= 4 is 22.8 Å². The number of aromatic amines is 1. The highest BCUT2D eigenvalue weighted by atomic mass is 15.2. The molecule has 8 nitrogen and oxygen atoms in total. The summed E-state index contributed by atoms with van der Waals surface area (Å²) in [5.74, 6) is 0.821. The molecule has 0 aromatic carbocycles. The molecule has 0 bridgehead atoms. The fourth-order valence-electron chi connectivity index (χ4n) is 1.58. The molecule has 0 amide bonds. The maximum atomic E-state index is 5.62. The third-order valence-corrected chi connectivity index (χ3v) is 2.41. The van der Waals surface area contributed by atoms with Crippen molar-refractivity contribution in [2.24, 2.45) is 0 Å². The van der Waals surface area contributed by atoms with Crippen LogP contribution in [0, 0.1) is 0 Å². The van der Waals surface area contributed by atoms with Crippen LogP contribution in [-0.4, -0.2) is 30.1 Å². The molecule has 0 radical (unpaired) electrons. The zero-order valence-electron chi connectivity index (χ0n) is 9.33. The van der Waals surface area contributed by atoms with Gasteiger partial charge in [0.1, 0.15) is 12.1 Å². The average Bonchev–Trinajstić information content (AvgIpc) is 2.85. The topological polar surface area (TPSA) is 118 Å². The zero-order valence-corrected chi connectivity index (χ0v) is 9.33. The van der Waals surface area contributed by atoms with E-state index in [-0.39, 0.29) is 5.95 Å². The molecule has 0 atom stereocenters. The van der Waals surface area contributed by atoms with Gasteiger partial charge in [0.15, 0.2) is 5.65 Å². The number of nitrogens with one attached hydrogen (secondary N) is 2. The van der Waals surface area contributed by atoms with E-state index in [4.69, 9.17) is 5.73 Å². The van der Waals surface area contributed by atoms with Gasteiger partial charge in [-0.3, -0.25) is 5.10 Å². The van der Waals surface area contributed by atoms with Gasteiger partial charge in [-0.1, -0.05) is 0 Å². The summed E-state index contributed by atoms with van der Waals surface area (Å²) < 4.78 is 0. The molecule has 3 heterocycles. The largest absolute Gasteiger partial charge is 0.368 e. The lowest BCUT2D eigenvalue weighted by Gasteiger charge is -2.06. The summed E-state index contributed by atoms with van der Waals surface area (Å²) in [5, 5.41) is 10.6. The van der Waals surface area contributed by atoms with Crippen LogP contribution in [0.5, 0.6) is 0 Å². The third kappa shape index (κ3) is 1.90. The standard InChI is InChI=1S/C10H10N8/c11-10-16-8(7-4-15-18-9(7)17-10)13-3-6-1-2-12-5-14-6/h1-2,4-5H,3H2,(H4,11,13,15,16,17,18). The van der Waals surface area contributed by atoms with Crippen LogP contribution in [0.15, 0.2) is 24.8 Å². The second kappa shape index (κ2) is 4.24. The van der Waals surface area contributed by atoms with E-state index < -0.39 is 0 Å². The molecule has 0 saturated carbocycles. The molecule has 3 aromatic heterocycles. The Labute approximate surface area is 102 Å². The number of hydrogen-bond donors (Lipinski definition) is 3. The van der Waals surface area contributed by atoms with Crippen LogP contribution >= 0.6 is 0 Å². The Morgan fingerprint density at radius 3 is 3.11 bits per heavy atom. The van der Waals surface area contributed by atoms with E-state index in [1.165, 1.54) is 6.33 Å². The van der Waals surface area contributed by atoms with Crippen LogP contribution in [0.1, 0.15) is 5.69 Å². The van der Waals surface area contributed by atoms with E-state index in [0.717, 1.165) is 11.1 Å². The minimum Gasteiger partial charge on any atom is -0.368 e. The monoisotopic (exact) mass is 242 g/mol. The van der Waals surface area contributed by atoms with Crippen molar-refractivity contribution in [3.63, 3.8) is 0 Å². The maximum Gasteiger partial charge on any atom is 0.224 e. The van der Waals surface area contributed by atoms with Gasteiger partial charge in [-0.25, -0.2) is 9.97 Å². The summed E-state index contributed by atoms with van der Waals surface area (Å²) >= 11 is 0. The number of fused-ring (bicyclic) bond motifs is 1. The maximum absolute atomic E-state index is 5.62. The molecule has 3 rings (SSSR count). The Kier molecular flexibility index (Phi) is 2.45. The summed E-state index contributed by atoms with van der Waals surface area (Å²) in [5.41, 5.74) is 7.08. The zero-order chi connectivity index (χ0) is 12.4. The van der Waals surface area contributed by atoms with E-state index in [1.807, 2.05) is 6.07 Å². The molecule has 0 aliphatic heterocycles. The van der Waals surface area contributed by atoms with Crippen LogP contribution in [0.3, 0.4) is 0 Å². The first-order valence-electron chi connectivity index (χ1n) is 5.28. The predicted molar refractivity (Wildman–Crippen MR) is 65.5 cm³/mol. The molecule has 90 valence electrons. The summed E-state index contributed by atoms with van der Waals surface area (Å²) in [6.07, 6.45) is 4.83. The molecule has 4 N–H and O–H groups in total. The number of hydrogen-bond acceptors (Lipinski definition) is 7. The molecule has 0 saturated heterocycles. The Bertz CT molecular complexity index is 662. The van der Waals surface area contributed by atoms with Gasteiger partial charge in [-0.2, -0.15) is 15.1 Å². The van der Waals surface area contributed by atoms with Gasteiger partial charge in [-0.15, -0.1) is 0 Å². The van der Waals surface area contributed by atoms with Crippen LogP contribution in [0.4, 0.5) is 11.8 Å². The van der Waals surface area contributed by atoms with E-state index in [1.54, 1.807) is 12.4 Å². The molecule has 0 unspecified atom stereocenters. The van der Waals surface area contributed by atoms with Crippen LogP contribution in [0.25, 0.3) is 11.0 Å². The lowest BCUT2D eigenvalue weighted by molar-refractivity contribution is 0.997. The van der Waals surface area contributed by atoms with Crippen molar-refractivity contribution in [3.05, 3.63) is 30.5 Å². The second-order valence-electron chi connectivity index (χ2n) is 3.62. The van der Waals surface area contributed by atoms with Crippen molar-refractivity contribution in [2.75, 3.05) is 11.1 Å². The van der Waals surface area contributed by atoms with Gasteiger partial charge in [0.05, 0.1) is 23.8 Å². The summed E-state index contributed by atoms with van der Waals surface area (Å²) in [6, 6.07) is 1.82. The highest BCUT2D eigenvalue weighted by Gasteiger charge is 2.07. The van der Waals surface area contributed by atoms with Gasteiger partial charge < -0.3 is 11.1 Å². The number of nitrogen functional groups attached to an aromatic ring is 1. The molecule has 0 spiro atoms. The lowest BCUT2D eigenvalue weighted by atomic mass is 10.3. The normalized spacial score (nSPS) is 10.7. The number of anilines is 2. The molecule has 0 aliphatic carbocycles. The Morgan fingerprint density at radius 1 is 1.33 bits per heavy atom. The Balaban J connectivity index is 1.88. The van der Waals surface area contributed by atoms with Gasteiger partial charge in [0.25, 0.3) is 0 Å². The van der Waals surface area contributed by atoms with E-state index in [2.05, 4.69) is 35.5 Å². The SMILES string of the molecule is Nc1nc(NCc2ccncn2)c2cn[nH]c2n1. The van der Waals surface area contributed by atoms with Gasteiger partial charge in [0, 0.05) is 6.20 Å². The minimum atomic E-state index is 0.192. The molecule has 0 aliphatic rings. The smallest absolute Gasteiger partial charge is 0.224 e. The fourth-order valence-corrected chi connectivity index (χ4v) is 1.58. The minimum absolute atomic E-state index is 0.192. The number of rotatable bonds is 3. The first-order valence-corrected chi connectivity index (χ1v) is 5.28. The highest BCUT2D eigenvalue weighted by Crippen LogP contribution is 2.18. The fraction of sp³-hybridized carbons (Fsp3) is 0.100. The summed E-state index contributed by atoms with van der Waals surface area (Å²) in [7, 11) is 0. The Morgan fingerprint density at radius 2 is 2.28 bits per heavy atom. The van der Waals surface area contributed by atoms with Crippen molar-refractivity contribution in [2.45, 2.75) is 6.54 Å². The molecular formula is C10H10N8. The lowest BCUT2D eigenvalue weighted by Crippen LogP contribution is -2.06. The molecule has 8 heteroatoms. The number of nitrogens with two attached hydrogens (primary N) is 1. The summed E-state index contributed by atoms with van der Waals surface area (Å²) in [6.45, 7) is 0.527. The highest BCUT2D eigenvalue weighted by molar-refractivity contribution is 5.86. The van der Waals surface area contributed by atoms with Crippen LogP contribution in [0.2, 0.25) is 0 Å². The first-order chi connectivity index (χ1) is 8.83. The van der Waals surface area contributed by atoms with Crippen molar-refractivity contribution in [1.29, 1.82) is 0 Å². The molecular weight excluding hydrogens is 232 g/mol. The summed E-state index contributed by atoms with van der Waals surface area (Å²) in [4.78, 5) is 16.1. The first kappa shape index (κ1) is 10.4. The quantitative estimate of drug-likeness (QED) is 0.605. The van der Waals surface area contributed by atoms with Gasteiger partial charge in [-0.05, 0) is 6.07 Å². The Hall–Kier alpha value is -2.77. The van der Waals surface area contributed by atoms with E-state index in [9.17, 15) is 0 Å². The number of aromatic nitrogens is 6. The van der Waals surface area contributed by atoms with E-state index >= 15 is 0 Å². The van der Waals surface area contributed by atoms with Crippen molar-refractivity contribution in [1.82, 2.24) is 30.1 Å². The second-order valence-corrected chi connectivity index (χ2v) is 3.62. The third-order valence-electron chi connectivity index (χ3n) is 2.41. The molecule has 3 aromatic rings. The van der Waals surface area contributed by atoms with Gasteiger partial charge >= 0.3 is 0 Å². The van der Waals surface area contributed by atoms with Crippen LogP contribution in [-0.2, 0) is 6.54 Å². The van der Waals surface area contributed by atoms with E-state index in [0.29, 0.717) is 18.0 Å². The van der Waals surface area contributed by atoms with Crippen LogP contribution < -0.4 is 11.1 Å². The van der Waals surface area contributed by atoms with Gasteiger partial charge in [0.2, 0.25) is 5.95 Å². The molecule has 18 heavy (non-hydrogen) atoms. The molecule has 0 fully saturated rings. The van der Waals surface area contributed by atoms with Crippen molar-refractivity contribution in [3.8, 4) is 0 Å². The number of nitrogens with zero attached hydrogens (tertiary/aromatic N) is 5. The van der Waals surface area contributed by atoms with Crippen molar-refractivity contribution < 1.29 is 0 Å². The number of H-pyrrole nitrogens is 1.